The Bertz CT molecular complexity index is 3800. The topological polar surface area (TPSA) is 27.7 Å². The lowest BCUT2D eigenvalue weighted by Crippen LogP contribution is -2.17. The maximum atomic E-state index is 5.00. The van der Waals surface area contributed by atoms with E-state index in [0.29, 0.717) is 0 Å². The van der Waals surface area contributed by atoms with E-state index in [9.17, 15) is 0 Å². The van der Waals surface area contributed by atoms with Crippen molar-refractivity contribution in [3.05, 3.63) is 205 Å². The number of benzene rings is 8. The first-order valence-electron chi connectivity index (χ1n) is 21.5. The third kappa shape index (κ3) is 4.62. The molecule has 286 valence electrons. The van der Waals surface area contributed by atoms with Gasteiger partial charge in [-0.3, -0.25) is 9.24 Å². The largest absolute Gasteiger partial charge is 0.293 e. The summed E-state index contributed by atoms with van der Waals surface area (Å²) in [6, 6.07) is 60.7. The molecule has 14 rings (SSSR count). The number of aryl methyl sites for hydroxylation is 4. The molecule has 0 amide bonds. The average Bonchev–Trinajstić information content (AvgIpc) is 4.05. The summed E-state index contributed by atoms with van der Waals surface area (Å²) in [7, 11) is 0. The van der Waals surface area contributed by atoms with Crippen LogP contribution in [0.4, 0.5) is 0 Å². The number of rotatable bonds is 4. The Kier molecular flexibility index (Phi) is 6.75. The van der Waals surface area contributed by atoms with Crippen molar-refractivity contribution < 1.29 is 0 Å². The van der Waals surface area contributed by atoms with Gasteiger partial charge >= 0.3 is 0 Å². The van der Waals surface area contributed by atoms with Crippen LogP contribution < -0.4 is 0 Å². The molecule has 2 aliphatic carbocycles. The van der Waals surface area contributed by atoms with Gasteiger partial charge in [-0.2, -0.15) is 0 Å². The lowest BCUT2D eigenvalue weighted by atomic mass is 9.74. The summed E-state index contributed by atoms with van der Waals surface area (Å²) in [5.74, 6) is 0.962. The fourth-order valence-corrected chi connectivity index (χ4v) is 11.3. The molecule has 8 aromatic carbocycles. The third-order valence-corrected chi connectivity index (χ3v) is 13.9. The Labute approximate surface area is 352 Å². The molecule has 0 aliphatic heterocycles. The number of hydrogen-bond acceptors (Lipinski definition) is 1. The van der Waals surface area contributed by atoms with E-state index in [1.54, 1.807) is 0 Å². The van der Waals surface area contributed by atoms with Gasteiger partial charge in [0.25, 0.3) is 0 Å². The van der Waals surface area contributed by atoms with E-state index in [1.165, 1.54) is 121 Å². The minimum Gasteiger partial charge on any atom is -0.293 e. The molecule has 61 heavy (non-hydrogen) atoms. The van der Waals surface area contributed by atoms with Crippen molar-refractivity contribution >= 4 is 65.2 Å². The van der Waals surface area contributed by atoms with Gasteiger partial charge in [-0.25, -0.2) is 9.66 Å². The molecule has 0 radical (unpaired) electrons. The van der Waals surface area contributed by atoms with Crippen LogP contribution in [-0.4, -0.2) is 18.9 Å². The molecular weight excluding hydrogens is 741 g/mol. The maximum absolute atomic E-state index is 5.00. The van der Waals surface area contributed by atoms with Crippen LogP contribution >= 0.6 is 0 Å². The quantitative estimate of drug-likeness (QED) is 0.175. The summed E-state index contributed by atoms with van der Waals surface area (Å²) in [5, 5.41) is 10.4. The zero-order valence-electron chi connectivity index (χ0n) is 33.4. The van der Waals surface area contributed by atoms with Gasteiger partial charge in [0.15, 0.2) is 0 Å². The Morgan fingerprint density at radius 3 is 1.61 bits per heavy atom. The summed E-state index contributed by atoms with van der Waals surface area (Å²) in [6.45, 7) is 0. The molecule has 0 N–H and O–H groups in total. The molecule has 0 fully saturated rings. The van der Waals surface area contributed by atoms with Crippen molar-refractivity contribution in [2.24, 2.45) is 0 Å². The molecule has 0 saturated heterocycles. The predicted octanol–water partition coefficient (Wildman–Crippen LogP) is 13.9. The highest BCUT2D eigenvalue weighted by atomic mass is 15.4. The van der Waals surface area contributed by atoms with Gasteiger partial charge in [0.2, 0.25) is 0 Å². The van der Waals surface area contributed by atoms with Crippen LogP contribution in [0.5, 0.6) is 0 Å². The van der Waals surface area contributed by atoms with Crippen molar-refractivity contribution in [1.82, 2.24) is 18.9 Å². The highest BCUT2D eigenvalue weighted by molar-refractivity contribution is 6.17. The van der Waals surface area contributed by atoms with Crippen LogP contribution in [0.1, 0.15) is 22.3 Å². The lowest BCUT2D eigenvalue weighted by molar-refractivity contribution is 0.713. The summed E-state index contributed by atoms with van der Waals surface area (Å²) >= 11 is 0. The van der Waals surface area contributed by atoms with Gasteiger partial charge in [-0.15, -0.1) is 0 Å². The molecule has 0 bridgehead atoms. The maximum Gasteiger partial charge on any atom is 0.137 e. The Morgan fingerprint density at radius 1 is 0.410 bits per heavy atom. The van der Waals surface area contributed by atoms with Crippen LogP contribution in [0.3, 0.4) is 0 Å². The molecule has 0 spiro atoms. The minimum atomic E-state index is 0.957. The molecule has 4 nitrogen and oxygen atoms in total. The Morgan fingerprint density at radius 2 is 0.967 bits per heavy atom. The van der Waals surface area contributed by atoms with Crippen molar-refractivity contribution in [3.8, 4) is 39.2 Å². The molecule has 4 aromatic heterocycles. The number of hydrogen-bond donors (Lipinski definition) is 0. The molecule has 4 heterocycles. The number of pyridine rings is 1. The van der Waals surface area contributed by atoms with E-state index in [1.807, 2.05) is 12.3 Å². The smallest absolute Gasteiger partial charge is 0.137 e. The van der Waals surface area contributed by atoms with Crippen molar-refractivity contribution in [2.75, 3.05) is 0 Å². The normalized spacial score (nSPS) is 13.3. The van der Waals surface area contributed by atoms with Crippen LogP contribution in [0.2, 0.25) is 0 Å². The van der Waals surface area contributed by atoms with Crippen LogP contribution in [0, 0.1) is 0 Å². The highest BCUT2D eigenvalue weighted by Crippen LogP contribution is 2.51. The monoisotopic (exact) mass is 778 g/mol. The van der Waals surface area contributed by atoms with Gasteiger partial charge < -0.3 is 0 Å². The highest BCUT2D eigenvalue weighted by Gasteiger charge is 2.33. The van der Waals surface area contributed by atoms with Crippen molar-refractivity contribution in [2.45, 2.75) is 25.7 Å². The first kappa shape index (κ1) is 33.2. The Hall–Kier alpha value is -7.69. The van der Waals surface area contributed by atoms with Crippen molar-refractivity contribution in [3.63, 3.8) is 0 Å². The third-order valence-electron chi connectivity index (χ3n) is 13.9. The summed E-state index contributed by atoms with van der Waals surface area (Å²) < 4.78 is 7.21. The molecular formula is C57H38N4. The van der Waals surface area contributed by atoms with Crippen LogP contribution in [-0.2, 0) is 25.7 Å². The van der Waals surface area contributed by atoms with E-state index in [2.05, 4.69) is 184 Å². The average molecular weight is 779 g/mol. The summed E-state index contributed by atoms with van der Waals surface area (Å²) in [5.41, 5.74) is 18.9. The van der Waals surface area contributed by atoms with Crippen LogP contribution in [0.15, 0.2) is 182 Å². The molecule has 2 aliphatic rings. The second-order valence-electron chi connectivity index (χ2n) is 17.0. The fourth-order valence-electron chi connectivity index (χ4n) is 11.3. The second kappa shape index (κ2) is 12.4. The van der Waals surface area contributed by atoms with Gasteiger partial charge in [-0.1, -0.05) is 103 Å². The van der Waals surface area contributed by atoms with Gasteiger partial charge in [-0.05, 0) is 164 Å². The van der Waals surface area contributed by atoms with E-state index in [0.717, 1.165) is 31.5 Å². The molecule has 12 aromatic rings. The van der Waals surface area contributed by atoms with E-state index in [-0.39, 0.29) is 0 Å². The number of nitrogens with zero attached hydrogens (tertiary/aromatic N) is 4. The lowest BCUT2D eigenvalue weighted by Gasteiger charge is -2.31. The zero-order chi connectivity index (χ0) is 39.8. The fraction of sp³-hybridized carbons (Fsp3) is 0.0702. The zero-order valence-corrected chi connectivity index (χ0v) is 33.4. The molecule has 0 unspecified atom stereocenters. The SMILES string of the molecule is c1ccc(-n2c3ccc(-c4cccc5ccccc45)cc3c3cc4c5c(c32)CCc2c-5c(cc3c5cc(-c6cccc7ccccc67)ccc5n(-n5cccc5)c23)CC4)nc1. The van der Waals surface area contributed by atoms with Gasteiger partial charge in [0, 0.05) is 40.1 Å². The molecule has 0 atom stereocenters. The van der Waals surface area contributed by atoms with Crippen LogP contribution in [0.25, 0.3) is 104 Å². The predicted molar refractivity (Wildman–Crippen MR) is 253 cm³/mol. The Balaban J connectivity index is 1.05. The summed E-state index contributed by atoms with van der Waals surface area (Å²) in [6.07, 6.45) is 10.3. The number of aromatic nitrogens is 4. The molecule has 4 heteroatoms. The second-order valence-corrected chi connectivity index (χ2v) is 17.0. The molecule has 0 saturated carbocycles. The standard InChI is InChI=1S/C57H38N4/c1-3-15-41-35(11-1)13-9-17-43(41)37-22-26-51-47(31-37)49-33-39-20-21-40-34-50-48-32-38(44-18-10-14-36-12-2-4-16-42(36)44)23-27-52(48)61(59-29-7-8-30-59)57(50)46-25-24-45(54(39)55(40)46)56(49)60(51)53-19-5-6-28-58-53/h1-19,22-23,26-34H,20-21,24-25H2. The first-order valence-corrected chi connectivity index (χ1v) is 21.5. The minimum absolute atomic E-state index is 0.957. The number of fused-ring (bicyclic) bond motifs is 10. The first-order chi connectivity index (χ1) is 30.3. The van der Waals surface area contributed by atoms with Gasteiger partial charge in [0.05, 0.1) is 22.1 Å². The summed E-state index contributed by atoms with van der Waals surface area (Å²) in [4.78, 5) is 5.00. The van der Waals surface area contributed by atoms with E-state index >= 15 is 0 Å². The van der Waals surface area contributed by atoms with E-state index < -0.39 is 0 Å². The van der Waals surface area contributed by atoms with E-state index in [4.69, 9.17) is 4.98 Å². The van der Waals surface area contributed by atoms with Gasteiger partial charge in [0.1, 0.15) is 5.82 Å². The van der Waals surface area contributed by atoms with Crippen molar-refractivity contribution in [1.29, 1.82) is 0 Å².